The third-order valence-electron chi connectivity index (χ3n) is 3.26. The monoisotopic (exact) mass is 201 g/mol. The van der Waals surface area contributed by atoms with Gasteiger partial charge in [-0.3, -0.25) is 0 Å². The lowest BCUT2D eigenvalue weighted by Gasteiger charge is -2.32. The van der Waals surface area contributed by atoms with Gasteiger partial charge < -0.3 is 10.5 Å². The fourth-order valence-electron chi connectivity index (χ4n) is 2.45. The molecule has 0 amide bonds. The number of nitrogens with two attached hydrogens (primary N) is 1. The van der Waals surface area contributed by atoms with Crippen LogP contribution in [0.2, 0.25) is 0 Å². The molecule has 2 nitrogen and oxygen atoms in total. The van der Waals surface area contributed by atoms with Crippen molar-refractivity contribution < 1.29 is 4.74 Å². The maximum absolute atomic E-state index is 5.59. The number of hydrogen-bond donors (Lipinski definition) is 1. The summed E-state index contributed by atoms with van der Waals surface area (Å²) in [7, 11) is 0. The average molecular weight is 201 g/mol. The van der Waals surface area contributed by atoms with Gasteiger partial charge in [0, 0.05) is 18.0 Å². The fraction of sp³-hybridized carbons (Fsp3) is 1.00. The molecule has 1 unspecified atom stereocenters. The number of rotatable bonds is 2. The van der Waals surface area contributed by atoms with Crippen LogP contribution in [0.1, 0.15) is 25.7 Å². The molecule has 3 heteroatoms. The van der Waals surface area contributed by atoms with Crippen molar-refractivity contribution in [1.29, 1.82) is 0 Å². The van der Waals surface area contributed by atoms with Gasteiger partial charge in [0.1, 0.15) is 0 Å². The number of hydrogen-bond acceptors (Lipinski definition) is 3. The second-order valence-corrected chi connectivity index (χ2v) is 5.74. The Balaban J connectivity index is 1.87. The van der Waals surface area contributed by atoms with Crippen LogP contribution in [0.5, 0.6) is 0 Å². The van der Waals surface area contributed by atoms with Crippen LogP contribution in [-0.4, -0.2) is 30.3 Å². The zero-order chi connectivity index (χ0) is 9.15. The molecule has 0 aromatic carbocycles. The van der Waals surface area contributed by atoms with Gasteiger partial charge >= 0.3 is 0 Å². The van der Waals surface area contributed by atoms with Gasteiger partial charge in [0.15, 0.2) is 0 Å². The van der Waals surface area contributed by atoms with Crippen molar-refractivity contribution in [2.45, 2.75) is 30.4 Å². The summed E-state index contributed by atoms with van der Waals surface area (Å²) >= 11 is 2.18. The first-order valence-electron chi connectivity index (χ1n) is 5.26. The second kappa shape index (κ2) is 4.20. The van der Waals surface area contributed by atoms with E-state index in [0.717, 1.165) is 25.7 Å². The predicted molar refractivity (Wildman–Crippen MR) is 57.0 cm³/mol. The summed E-state index contributed by atoms with van der Waals surface area (Å²) in [5.74, 6) is 2.21. The van der Waals surface area contributed by atoms with Gasteiger partial charge in [-0.05, 0) is 43.9 Å². The lowest BCUT2D eigenvalue weighted by molar-refractivity contribution is 0.0740. The molecule has 0 aromatic rings. The minimum absolute atomic E-state index is 0.581. The van der Waals surface area contributed by atoms with Gasteiger partial charge in [-0.25, -0.2) is 0 Å². The molecule has 2 N–H and O–H groups in total. The van der Waals surface area contributed by atoms with E-state index in [1.807, 2.05) is 0 Å². The first kappa shape index (κ1) is 9.81. The average Bonchev–Trinajstić information content (AvgIpc) is 2.51. The van der Waals surface area contributed by atoms with Gasteiger partial charge in [-0.15, -0.1) is 0 Å². The summed E-state index contributed by atoms with van der Waals surface area (Å²) in [5, 5.41) is 0. The Morgan fingerprint density at radius 1 is 1.38 bits per heavy atom. The number of thioether (sulfide) groups is 1. The molecule has 13 heavy (non-hydrogen) atoms. The highest BCUT2D eigenvalue weighted by atomic mass is 32.2. The van der Waals surface area contributed by atoms with Crippen LogP contribution in [-0.2, 0) is 4.74 Å². The molecule has 0 bridgehead atoms. The lowest BCUT2D eigenvalue weighted by atomic mass is 9.88. The standard InChI is InChI=1S/C10H19NOS/c11-4-1-9-7-10(13-8-9)2-5-12-6-3-10/h9H,1-8,11H2. The van der Waals surface area contributed by atoms with Crippen LogP contribution in [0.15, 0.2) is 0 Å². The van der Waals surface area contributed by atoms with E-state index in [1.165, 1.54) is 31.4 Å². The summed E-state index contributed by atoms with van der Waals surface area (Å²) in [6.07, 6.45) is 5.13. The van der Waals surface area contributed by atoms with Crippen molar-refractivity contribution in [2.24, 2.45) is 11.7 Å². The van der Waals surface area contributed by atoms with E-state index in [9.17, 15) is 0 Å². The van der Waals surface area contributed by atoms with E-state index in [1.54, 1.807) is 0 Å². The van der Waals surface area contributed by atoms with Crippen molar-refractivity contribution in [2.75, 3.05) is 25.5 Å². The highest BCUT2D eigenvalue weighted by Crippen LogP contribution is 2.48. The van der Waals surface area contributed by atoms with Crippen LogP contribution in [0, 0.1) is 5.92 Å². The molecular formula is C10H19NOS. The van der Waals surface area contributed by atoms with Crippen molar-refractivity contribution >= 4 is 11.8 Å². The highest BCUT2D eigenvalue weighted by molar-refractivity contribution is 8.00. The third-order valence-corrected chi connectivity index (χ3v) is 5.09. The summed E-state index contributed by atoms with van der Waals surface area (Å²) in [6, 6.07) is 0. The zero-order valence-electron chi connectivity index (χ0n) is 8.13. The van der Waals surface area contributed by atoms with E-state index in [0.29, 0.717) is 4.75 Å². The Kier molecular flexibility index (Phi) is 3.17. The highest BCUT2D eigenvalue weighted by Gasteiger charge is 2.40. The molecule has 2 aliphatic rings. The molecule has 0 saturated carbocycles. The minimum Gasteiger partial charge on any atom is -0.381 e. The first-order chi connectivity index (χ1) is 6.35. The number of ether oxygens (including phenoxy) is 1. The second-order valence-electron chi connectivity index (χ2n) is 4.25. The Morgan fingerprint density at radius 3 is 2.85 bits per heavy atom. The minimum atomic E-state index is 0.581. The molecular weight excluding hydrogens is 182 g/mol. The Morgan fingerprint density at radius 2 is 2.15 bits per heavy atom. The van der Waals surface area contributed by atoms with Crippen molar-refractivity contribution in [3.05, 3.63) is 0 Å². The zero-order valence-corrected chi connectivity index (χ0v) is 8.94. The van der Waals surface area contributed by atoms with E-state index in [4.69, 9.17) is 10.5 Å². The maximum Gasteiger partial charge on any atom is 0.0479 e. The molecule has 2 heterocycles. The largest absolute Gasteiger partial charge is 0.381 e. The van der Waals surface area contributed by atoms with Gasteiger partial charge in [0.25, 0.3) is 0 Å². The molecule has 1 spiro atoms. The molecule has 0 aromatic heterocycles. The molecule has 2 fully saturated rings. The smallest absolute Gasteiger partial charge is 0.0479 e. The molecule has 76 valence electrons. The quantitative estimate of drug-likeness (QED) is 0.737. The van der Waals surface area contributed by atoms with Gasteiger partial charge in [0.2, 0.25) is 0 Å². The first-order valence-corrected chi connectivity index (χ1v) is 6.25. The Labute approximate surface area is 84.6 Å². The van der Waals surface area contributed by atoms with Crippen LogP contribution < -0.4 is 5.73 Å². The molecule has 0 aliphatic carbocycles. The van der Waals surface area contributed by atoms with Crippen molar-refractivity contribution in [3.8, 4) is 0 Å². The van der Waals surface area contributed by atoms with Crippen LogP contribution in [0.3, 0.4) is 0 Å². The van der Waals surface area contributed by atoms with E-state index < -0.39 is 0 Å². The van der Waals surface area contributed by atoms with Gasteiger partial charge in [-0.2, -0.15) is 11.8 Å². The molecule has 2 aliphatic heterocycles. The van der Waals surface area contributed by atoms with Crippen LogP contribution in [0.4, 0.5) is 0 Å². The maximum atomic E-state index is 5.59. The van der Waals surface area contributed by atoms with E-state index in [-0.39, 0.29) is 0 Å². The van der Waals surface area contributed by atoms with Crippen molar-refractivity contribution in [1.82, 2.24) is 0 Å². The summed E-state index contributed by atoms with van der Waals surface area (Å²) in [5.41, 5.74) is 5.59. The lowest BCUT2D eigenvalue weighted by Crippen LogP contribution is -2.31. The fourth-order valence-corrected chi connectivity index (χ4v) is 4.13. The van der Waals surface area contributed by atoms with Crippen LogP contribution in [0.25, 0.3) is 0 Å². The normalized spacial score (nSPS) is 32.5. The Hall–Kier alpha value is 0.270. The van der Waals surface area contributed by atoms with Gasteiger partial charge in [0.05, 0.1) is 0 Å². The SMILES string of the molecule is NCCC1CSC2(CCOCC2)C1. The van der Waals surface area contributed by atoms with E-state index in [2.05, 4.69) is 11.8 Å². The summed E-state index contributed by atoms with van der Waals surface area (Å²) in [4.78, 5) is 0. The molecule has 2 saturated heterocycles. The summed E-state index contributed by atoms with van der Waals surface area (Å²) in [6.45, 7) is 2.81. The topological polar surface area (TPSA) is 35.2 Å². The van der Waals surface area contributed by atoms with Crippen LogP contribution >= 0.6 is 11.8 Å². The van der Waals surface area contributed by atoms with Gasteiger partial charge in [-0.1, -0.05) is 0 Å². The Bertz CT molecular complexity index is 168. The molecule has 1 atom stereocenters. The third kappa shape index (κ3) is 2.20. The summed E-state index contributed by atoms with van der Waals surface area (Å²) < 4.78 is 5.99. The van der Waals surface area contributed by atoms with Crippen molar-refractivity contribution in [3.63, 3.8) is 0 Å². The predicted octanol–water partition coefficient (Wildman–Crippen LogP) is 1.64. The molecule has 0 radical (unpaired) electrons. The van der Waals surface area contributed by atoms with E-state index >= 15 is 0 Å². The molecule has 2 rings (SSSR count).